The minimum atomic E-state index is -1.15. The first-order valence-corrected chi connectivity index (χ1v) is 12.6. The predicted molar refractivity (Wildman–Crippen MR) is 134 cm³/mol. The van der Waals surface area contributed by atoms with Crippen LogP contribution in [0.4, 0.5) is 0 Å². The molecule has 1 aromatic carbocycles. The fourth-order valence-electron chi connectivity index (χ4n) is 5.15. The average molecular weight is 466 g/mol. The summed E-state index contributed by atoms with van der Waals surface area (Å²) in [6, 6.07) is 10.5. The Hall–Kier alpha value is -2.12. The van der Waals surface area contributed by atoms with Crippen molar-refractivity contribution in [2.45, 2.75) is 58.2 Å². The van der Waals surface area contributed by atoms with Gasteiger partial charge >= 0.3 is 0 Å². The molecule has 1 unspecified atom stereocenters. The maximum absolute atomic E-state index is 12.3. The molecular weight excluding hydrogens is 430 g/mol. The smallest absolute Gasteiger partial charge is 0.124 e. The lowest BCUT2D eigenvalue weighted by atomic mass is 9.62. The number of rotatable bonds is 8. The molecule has 2 N–H and O–H groups in total. The third-order valence-electron chi connectivity index (χ3n) is 7.00. The number of aliphatic hydroxyl groups excluding tert-OH is 1. The Labute approximate surface area is 201 Å². The van der Waals surface area contributed by atoms with Crippen molar-refractivity contribution in [2.75, 3.05) is 20.1 Å². The molecule has 0 spiro atoms. The second-order valence-electron chi connectivity index (χ2n) is 10.1. The van der Waals surface area contributed by atoms with Crippen LogP contribution in [0.5, 0.6) is 0 Å². The van der Waals surface area contributed by atoms with Gasteiger partial charge in [-0.1, -0.05) is 45.0 Å². The van der Waals surface area contributed by atoms with E-state index >= 15 is 0 Å². The van der Waals surface area contributed by atoms with Gasteiger partial charge in [-0.2, -0.15) is 0 Å². The topological polar surface area (TPSA) is 69.5 Å². The molecule has 1 fully saturated rings. The Bertz CT molecular complexity index is 1090. The second-order valence-corrected chi connectivity index (χ2v) is 11.2. The number of benzene rings is 1. The molecule has 33 heavy (non-hydrogen) atoms. The number of nitrogens with zero attached hydrogens (tertiary/aromatic N) is 3. The SMILES string of the molecule is Cc1nc(C(O)CCc2cncc([C@@](O)(c3ccc(C(C)C)cc3)C3(C)CN(C)C3)c2)cs1. The summed E-state index contributed by atoms with van der Waals surface area (Å²) in [6.07, 6.45) is 4.26. The first-order chi connectivity index (χ1) is 15.6. The molecule has 176 valence electrons. The number of hydrogen-bond donors (Lipinski definition) is 2. The number of likely N-dealkylation sites (tertiary alicyclic amines) is 1. The number of hydrogen-bond acceptors (Lipinski definition) is 6. The molecule has 2 atom stereocenters. The highest BCUT2D eigenvalue weighted by Crippen LogP contribution is 2.50. The van der Waals surface area contributed by atoms with Gasteiger partial charge in [0.2, 0.25) is 0 Å². The largest absolute Gasteiger partial charge is 0.387 e. The summed E-state index contributed by atoms with van der Waals surface area (Å²) in [7, 11) is 2.08. The van der Waals surface area contributed by atoms with E-state index in [0.717, 1.165) is 40.5 Å². The summed E-state index contributed by atoms with van der Waals surface area (Å²) in [6.45, 7) is 10.1. The minimum absolute atomic E-state index is 0.320. The molecule has 0 amide bonds. The monoisotopic (exact) mass is 465 g/mol. The van der Waals surface area contributed by atoms with Crippen LogP contribution in [0.2, 0.25) is 0 Å². The van der Waals surface area contributed by atoms with E-state index in [9.17, 15) is 10.2 Å². The molecule has 4 rings (SSSR count). The van der Waals surface area contributed by atoms with Crippen molar-refractivity contribution in [3.8, 4) is 0 Å². The predicted octanol–water partition coefficient (Wildman–Crippen LogP) is 4.82. The lowest BCUT2D eigenvalue weighted by molar-refractivity contribution is -0.127. The van der Waals surface area contributed by atoms with Crippen LogP contribution in [-0.2, 0) is 12.0 Å². The second kappa shape index (κ2) is 9.26. The Kier molecular flexibility index (Phi) is 6.74. The van der Waals surface area contributed by atoms with Gasteiger partial charge in [0.25, 0.3) is 0 Å². The summed E-state index contributed by atoms with van der Waals surface area (Å²) < 4.78 is 0. The molecule has 3 aromatic rings. The van der Waals surface area contributed by atoms with Crippen molar-refractivity contribution >= 4 is 11.3 Å². The highest BCUT2D eigenvalue weighted by molar-refractivity contribution is 7.09. The maximum atomic E-state index is 12.3. The molecule has 6 heteroatoms. The van der Waals surface area contributed by atoms with Gasteiger partial charge in [-0.25, -0.2) is 4.98 Å². The molecule has 5 nitrogen and oxygen atoms in total. The fourth-order valence-corrected chi connectivity index (χ4v) is 5.81. The summed E-state index contributed by atoms with van der Waals surface area (Å²) in [5.74, 6) is 0.440. The van der Waals surface area contributed by atoms with E-state index in [0.29, 0.717) is 18.8 Å². The van der Waals surface area contributed by atoms with Gasteiger partial charge in [0.15, 0.2) is 0 Å². The lowest BCUT2D eigenvalue weighted by Gasteiger charge is -2.56. The van der Waals surface area contributed by atoms with Gasteiger partial charge in [0, 0.05) is 41.8 Å². The zero-order chi connectivity index (χ0) is 23.8. The molecule has 1 aliphatic heterocycles. The Balaban J connectivity index is 1.63. The van der Waals surface area contributed by atoms with Crippen LogP contribution in [-0.4, -0.2) is 45.2 Å². The first kappa shape index (κ1) is 24.0. The average Bonchev–Trinajstić information content (AvgIpc) is 3.22. The van der Waals surface area contributed by atoms with Crippen molar-refractivity contribution in [1.29, 1.82) is 0 Å². The minimum Gasteiger partial charge on any atom is -0.387 e. The van der Waals surface area contributed by atoms with Crippen LogP contribution in [0.15, 0.2) is 48.1 Å². The number of aryl methyl sites for hydroxylation is 2. The highest BCUT2D eigenvalue weighted by Gasteiger charge is 2.55. The van der Waals surface area contributed by atoms with Gasteiger partial charge in [0.05, 0.1) is 16.8 Å². The Morgan fingerprint density at radius 3 is 2.42 bits per heavy atom. The lowest BCUT2D eigenvalue weighted by Crippen LogP contribution is -2.63. The van der Waals surface area contributed by atoms with Gasteiger partial charge in [0.1, 0.15) is 5.60 Å². The molecule has 2 aromatic heterocycles. The van der Waals surface area contributed by atoms with Crippen molar-refractivity contribution in [3.63, 3.8) is 0 Å². The van der Waals surface area contributed by atoms with E-state index in [-0.39, 0.29) is 5.41 Å². The van der Waals surface area contributed by atoms with Crippen molar-refractivity contribution in [1.82, 2.24) is 14.9 Å². The third-order valence-corrected chi connectivity index (χ3v) is 7.80. The summed E-state index contributed by atoms with van der Waals surface area (Å²) >= 11 is 1.55. The Morgan fingerprint density at radius 1 is 1.15 bits per heavy atom. The summed E-state index contributed by atoms with van der Waals surface area (Å²) in [5.41, 5.74) is 3.24. The van der Waals surface area contributed by atoms with Crippen LogP contribution < -0.4 is 0 Å². The number of aromatic nitrogens is 2. The van der Waals surface area contributed by atoms with Crippen molar-refractivity contribution < 1.29 is 10.2 Å². The zero-order valence-corrected chi connectivity index (χ0v) is 21.1. The van der Waals surface area contributed by atoms with E-state index in [2.05, 4.69) is 73.0 Å². The quantitative estimate of drug-likeness (QED) is 0.499. The molecule has 0 saturated carbocycles. The van der Waals surface area contributed by atoms with E-state index in [1.165, 1.54) is 5.56 Å². The van der Waals surface area contributed by atoms with Gasteiger partial charge < -0.3 is 15.1 Å². The van der Waals surface area contributed by atoms with Crippen LogP contribution in [0.3, 0.4) is 0 Å². The molecule has 0 radical (unpaired) electrons. The summed E-state index contributed by atoms with van der Waals surface area (Å²) in [4.78, 5) is 11.1. The molecular formula is C27H35N3O2S. The van der Waals surface area contributed by atoms with Crippen molar-refractivity contribution in [3.05, 3.63) is 81.1 Å². The number of thiazole rings is 1. The fraction of sp³-hybridized carbons (Fsp3) is 0.481. The summed E-state index contributed by atoms with van der Waals surface area (Å²) in [5, 5.41) is 25.8. The Morgan fingerprint density at radius 2 is 1.85 bits per heavy atom. The zero-order valence-electron chi connectivity index (χ0n) is 20.2. The third kappa shape index (κ3) is 4.62. The van der Waals surface area contributed by atoms with E-state index in [1.54, 1.807) is 17.5 Å². The molecule has 0 aliphatic carbocycles. The van der Waals surface area contributed by atoms with E-state index in [1.807, 2.05) is 18.5 Å². The first-order valence-electron chi connectivity index (χ1n) is 11.7. The normalized spacial score (nSPS) is 18.7. The van der Waals surface area contributed by atoms with Crippen molar-refractivity contribution in [2.24, 2.45) is 5.41 Å². The standard InChI is InChI=1S/C27H35N3O2S/c1-18(2)21-7-9-22(10-8-21)27(32,26(4)16-30(5)17-26)23-12-20(13-28-14-23)6-11-25(31)24-15-33-19(3)29-24/h7-10,12-15,18,25,31-32H,6,11,16-17H2,1-5H3/t25?,27-/m0/s1. The van der Waals surface area contributed by atoms with Crippen LogP contribution in [0.25, 0.3) is 0 Å². The van der Waals surface area contributed by atoms with Crippen LogP contribution in [0.1, 0.15) is 72.2 Å². The maximum Gasteiger partial charge on any atom is 0.124 e. The molecule has 1 aliphatic rings. The number of pyridine rings is 1. The van der Waals surface area contributed by atoms with Crippen LogP contribution in [0, 0.1) is 12.3 Å². The van der Waals surface area contributed by atoms with Gasteiger partial charge in [-0.05, 0) is 55.5 Å². The number of aliphatic hydroxyl groups is 2. The highest BCUT2D eigenvalue weighted by atomic mass is 32.1. The molecule has 1 saturated heterocycles. The van der Waals surface area contributed by atoms with E-state index in [4.69, 9.17) is 0 Å². The van der Waals surface area contributed by atoms with Gasteiger partial charge in [-0.15, -0.1) is 11.3 Å². The molecule has 3 heterocycles. The molecule has 0 bridgehead atoms. The van der Waals surface area contributed by atoms with Crippen LogP contribution >= 0.6 is 11.3 Å². The van der Waals surface area contributed by atoms with E-state index < -0.39 is 11.7 Å². The van der Waals surface area contributed by atoms with Gasteiger partial charge in [-0.3, -0.25) is 4.98 Å².